The summed E-state index contributed by atoms with van der Waals surface area (Å²) >= 11 is 5.77. The highest BCUT2D eigenvalue weighted by Crippen LogP contribution is 2.27. The van der Waals surface area contributed by atoms with Crippen molar-refractivity contribution < 1.29 is 9.72 Å². The van der Waals surface area contributed by atoms with Crippen LogP contribution < -0.4 is 10.6 Å². The van der Waals surface area contributed by atoms with Crippen LogP contribution in [0.4, 0.5) is 11.4 Å². The molecular weight excluding hydrogens is 270 g/mol. The zero-order chi connectivity index (χ0) is 14.4. The summed E-state index contributed by atoms with van der Waals surface area (Å²) in [6.45, 7) is 4.57. The highest BCUT2D eigenvalue weighted by molar-refractivity contribution is 6.31. The molecule has 0 bridgehead atoms. The average molecular weight is 286 g/mol. The summed E-state index contributed by atoms with van der Waals surface area (Å²) in [6, 6.07) is 4.06. The predicted octanol–water partition coefficient (Wildman–Crippen LogP) is 2.57. The molecule has 1 amide bonds. The van der Waals surface area contributed by atoms with Gasteiger partial charge in [0.25, 0.3) is 5.69 Å². The van der Waals surface area contributed by atoms with Crippen molar-refractivity contribution in [3.63, 3.8) is 0 Å². The van der Waals surface area contributed by atoms with Crippen LogP contribution in [0.2, 0.25) is 5.02 Å². The highest BCUT2D eigenvalue weighted by atomic mass is 35.5. The molecule has 7 heteroatoms. The van der Waals surface area contributed by atoms with Gasteiger partial charge < -0.3 is 10.6 Å². The van der Waals surface area contributed by atoms with Crippen LogP contribution >= 0.6 is 11.6 Å². The van der Waals surface area contributed by atoms with Crippen LogP contribution in [0.1, 0.15) is 20.3 Å². The Labute approximate surface area is 116 Å². The van der Waals surface area contributed by atoms with Gasteiger partial charge in [-0.1, -0.05) is 18.5 Å². The summed E-state index contributed by atoms with van der Waals surface area (Å²) in [4.78, 5) is 22.0. The van der Waals surface area contributed by atoms with Gasteiger partial charge in [-0.2, -0.15) is 0 Å². The topological polar surface area (TPSA) is 84.3 Å². The molecule has 0 aliphatic heterocycles. The fraction of sp³-hybridized carbons (Fsp3) is 0.417. The van der Waals surface area contributed by atoms with Crippen LogP contribution in [-0.4, -0.2) is 23.4 Å². The Balaban J connectivity index is 2.78. The number of carbonyl (C=O) groups excluding carboxylic acids is 1. The largest absolute Gasteiger partial charge is 0.320 e. The molecule has 0 aliphatic rings. The lowest BCUT2D eigenvalue weighted by molar-refractivity contribution is -0.383. The van der Waals surface area contributed by atoms with Gasteiger partial charge in [0.1, 0.15) is 5.69 Å². The van der Waals surface area contributed by atoms with E-state index >= 15 is 0 Å². The predicted molar refractivity (Wildman–Crippen MR) is 74.5 cm³/mol. The van der Waals surface area contributed by atoms with E-state index in [2.05, 4.69) is 10.6 Å². The van der Waals surface area contributed by atoms with Crippen molar-refractivity contribution in [2.24, 2.45) is 0 Å². The molecule has 1 rings (SSSR count). The normalized spacial score (nSPS) is 11.9. The summed E-state index contributed by atoms with van der Waals surface area (Å²) in [6.07, 6.45) is 0.234. The molecule has 6 nitrogen and oxygen atoms in total. The third-order valence-corrected chi connectivity index (χ3v) is 2.71. The number of nitrogens with one attached hydrogen (secondary N) is 2. The smallest absolute Gasteiger partial charge is 0.292 e. The minimum absolute atomic E-state index is 0.00300. The Hall–Kier alpha value is -1.66. The van der Waals surface area contributed by atoms with Gasteiger partial charge >= 0.3 is 0 Å². The number of amides is 1. The molecule has 0 heterocycles. The van der Waals surface area contributed by atoms with E-state index in [-0.39, 0.29) is 29.7 Å². The molecule has 2 N–H and O–H groups in total. The van der Waals surface area contributed by atoms with Crippen molar-refractivity contribution in [1.82, 2.24) is 5.32 Å². The monoisotopic (exact) mass is 285 g/mol. The van der Waals surface area contributed by atoms with Crippen molar-refractivity contribution in [3.8, 4) is 0 Å². The lowest BCUT2D eigenvalue weighted by Gasteiger charge is -2.12. The SMILES string of the molecule is CCNC(C)CC(=O)Nc1cc(Cl)ccc1[N+](=O)[O-]. The molecule has 1 aromatic carbocycles. The first-order chi connectivity index (χ1) is 8.93. The number of nitro groups is 1. The molecule has 0 aromatic heterocycles. The number of benzene rings is 1. The second-order valence-electron chi connectivity index (χ2n) is 4.13. The van der Waals surface area contributed by atoms with Gasteiger partial charge in [0.2, 0.25) is 5.91 Å². The lowest BCUT2D eigenvalue weighted by Crippen LogP contribution is -2.30. The number of carbonyl (C=O) groups is 1. The van der Waals surface area contributed by atoms with Crippen molar-refractivity contribution in [2.45, 2.75) is 26.3 Å². The van der Waals surface area contributed by atoms with E-state index in [0.29, 0.717) is 5.02 Å². The summed E-state index contributed by atoms with van der Waals surface area (Å²) in [5, 5.41) is 16.8. The van der Waals surface area contributed by atoms with Crippen LogP contribution in [0.3, 0.4) is 0 Å². The van der Waals surface area contributed by atoms with E-state index in [4.69, 9.17) is 11.6 Å². The van der Waals surface area contributed by atoms with E-state index in [1.54, 1.807) is 0 Å². The van der Waals surface area contributed by atoms with Gasteiger partial charge in [0.15, 0.2) is 0 Å². The third kappa shape index (κ3) is 4.84. The van der Waals surface area contributed by atoms with Gasteiger partial charge in [-0.25, -0.2) is 0 Å². The molecule has 0 saturated carbocycles. The summed E-state index contributed by atoms with van der Waals surface area (Å²) < 4.78 is 0. The van der Waals surface area contributed by atoms with Crippen LogP contribution in [0, 0.1) is 10.1 Å². The Morgan fingerprint density at radius 3 is 2.79 bits per heavy atom. The average Bonchev–Trinajstić information content (AvgIpc) is 2.28. The number of nitrogens with zero attached hydrogens (tertiary/aromatic N) is 1. The minimum Gasteiger partial charge on any atom is -0.320 e. The van der Waals surface area contributed by atoms with Crippen molar-refractivity contribution in [3.05, 3.63) is 33.3 Å². The van der Waals surface area contributed by atoms with Crippen LogP contribution in [0.15, 0.2) is 18.2 Å². The first-order valence-electron chi connectivity index (χ1n) is 5.91. The van der Waals surface area contributed by atoms with E-state index in [0.717, 1.165) is 6.54 Å². The zero-order valence-electron chi connectivity index (χ0n) is 10.8. The van der Waals surface area contributed by atoms with Crippen molar-refractivity contribution in [2.75, 3.05) is 11.9 Å². The molecule has 1 atom stereocenters. The summed E-state index contributed by atoms with van der Waals surface area (Å²) in [7, 11) is 0. The highest BCUT2D eigenvalue weighted by Gasteiger charge is 2.17. The Morgan fingerprint density at radius 2 is 2.21 bits per heavy atom. The van der Waals surface area contributed by atoms with Gasteiger partial charge in [0, 0.05) is 23.6 Å². The molecule has 0 saturated heterocycles. The van der Waals surface area contributed by atoms with Gasteiger partial charge in [0.05, 0.1) is 4.92 Å². The second kappa shape index (κ2) is 7.06. The number of hydrogen-bond donors (Lipinski definition) is 2. The number of halogens is 1. The zero-order valence-corrected chi connectivity index (χ0v) is 11.5. The Bertz CT molecular complexity index is 479. The number of anilines is 1. The number of nitro benzene ring substituents is 1. The van der Waals surface area contributed by atoms with Gasteiger partial charge in [-0.15, -0.1) is 0 Å². The summed E-state index contributed by atoms with van der Waals surface area (Å²) in [5.41, 5.74) is -0.0555. The fourth-order valence-corrected chi connectivity index (χ4v) is 1.84. The van der Waals surface area contributed by atoms with Crippen molar-refractivity contribution >= 4 is 28.9 Å². The second-order valence-corrected chi connectivity index (χ2v) is 4.57. The lowest BCUT2D eigenvalue weighted by atomic mass is 10.2. The van der Waals surface area contributed by atoms with Gasteiger partial charge in [-0.3, -0.25) is 14.9 Å². The quantitative estimate of drug-likeness (QED) is 0.621. The molecule has 1 unspecified atom stereocenters. The maximum absolute atomic E-state index is 11.8. The van der Waals surface area contributed by atoms with E-state index in [1.807, 2.05) is 13.8 Å². The van der Waals surface area contributed by atoms with E-state index in [1.165, 1.54) is 18.2 Å². The molecule has 104 valence electrons. The molecule has 0 fully saturated rings. The Morgan fingerprint density at radius 1 is 1.53 bits per heavy atom. The standard InChI is InChI=1S/C12H16ClN3O3/c1-3-14-8(2)6-12(17)15-10-7-9(13)4-5-11(10)16(18)19/h4-5,7-8,14H,3,6H2,1-2H3,(H,15,17). The maximum atomic E-state index is 11.8. The van der Waals surface area contributed by atoms with E-state index < -0.39 is 4.92 Å². The Kier molecular flexibility index (Phi) is 5.72. The van der Waals surface area contributed by atoms with Crippen LogP contribution in [0.5, 0.6) is 0 Å². The molecule has 0 spiro atoms. The fourth-order valence-electron chi connectivity index (χ4n) is 1.67. The van der Waals surface area contributed by atoms with Crippen LogP contribution in [0.25, 0.3) is 0 Å². The van der Waals surface area contributed by atoms with Crippen molar-refractivity contribution in [1.29, 1.82) is 0 Å². The summed E-state index contributed by atoms with van der Waals surface area (Å²) in [5.74, 6) is -0.293. The minimum atomic E-state index is -0.556. The number of rotatable bonds is 6. The maximum Gasteiger partial charge on any atom is 0.292 e. The van der Waals surface area contributed by atoms with E-state index in [9.17, 15) is 14.9 Å². The number of hydrogen-bond acceptors (Lipinski definition) is 4. The van der Waals surface area contributed by atoms with Gasteiger partial charge in [-0.05, 0) is 25.6 Å². The first kappa shape index (κ1) is 15.4. The first-order valence-corrected chi connectivity index (χ1v) is 6.29. The molecule has 1 aromatic rings. The third-order valence-electron chi connectivity index (χ3n) is 2.47. The molecule has 0 radical (unpaired) electrons. The molecular formula is C12H16ClN3O3. The molecule has 0 aliphatic carbocycles. The van der Waals surface area contributed by atoms with Crippen LogP contribution in [-0.2, 0) is 4.79 Å². The molecule has 19 heavy (non-hydrogen) atoms.